The van der Waals surface area contributed by atoms with Crippen LogP contribution in [0.2, 0.25) is 0 Å². The molecular formula is C34H27NO11. The van der Waals surface area contributed by atoms with E-state index in [1.54, 1.807) is 53.1 Å². The summed E-state index contributed by atoms with van der Waals surface area (Å²) in [6, 6.07) is 13.3. The Kier molecular flexibility index (Phi) is 7.48. The first kappa shape index (κ1) is 30.0. The lowest BCUT2D eigenvalue weighted by Crippen LogP contribution is -2.05. The number of rotatable bonds is 7. The fourth-order valence-electron chi connectivity index (χ4n) is 5.64. The third kappa shape index (κ3) is 4.99. The minimum atomic E-state index is -0.658. The number of nitrogens with zero attached hydrogens (tertiary/aromatic N) is 1. The van der Waals surface area contributed by atoms with Gasteiger partial charge in [-0.25, -0.2) is 4.79 Å². The summed E-state index contributed by atoms with van der Waals surface area (Å²) in [6.07, 6.45) is 1.71. The van der Waals surface area contributed by atoms with E-state index in [-0.39, 0.29) is 39.8 Å². The van der Waals surface area contributed by atoms with Crippen molar-refractivity contribution in [2.45, 2.75) is 20.8 Å². The number of carbonyl (C=O) groups excluding carboxylic acids is 3. The van der Waals surface area contributed by atoms with Crippen molar-refractivity contribution >= 4 is 56.1 Å². The monoisotopic (exact) mass is 625 g/mol. The molecule has 0 bridgehead atoms. The molecule has 234 valence electrons. The molecule has 0 fully saturated rings. The molecule has 3 aromatic carbocycles. The number of benzene rings is 3. The van der Waals surface area contributed by atoms with E-state index in [4.69, 9.17) is 32.8 Å². The number of hydrogen-bond donors (Lipinski definition) is 0. The maximum atomic E-state index is 13.8. The van der Waals surface area contributed by atoms with Crippen molar-refractivity contribution in [3.8, 4) is 45.6 Å². The maximum absolute atomic E-state index is 13.8. The Morgan fingerprint density at radius 3 is 1.80 bits per heavy atom. The van der Waals surface area contributed by atoms with Gasteiger partial charge in [-0.05, 0) is 47.3 Å². The molecular weight excluding hydrogens is 598 g/mol. The number of fused-ring (bicyclic) bond motifs is 7. The van der Waals surface area contributed by atoms with Gasteiger partial charge in [-0.2, -0.15) is 0 Å². The fourth-order valence-corrected chi connectivity index (χ4v) is 5.64. The summed E-state index contributed by atoms with van der Waals surface area (Å²) in [7, 11) is 4.34. The maximum Gasteiger partial charge on any atom is 0.361 e. The zero-order valence-electron chi connectivity index (χ0n) is 25.6. The molecule has 0 aliphatic rings. The number of aromatic nitrogens is 1. The smallest absolute Gasteiger partial charge is 0.361 e. The van der Waals surface area contributed by atoms with Gasteiger partial charge in [-0.15, -0.1) is 0 Å². The normalized spacial score (nSPS) is 11.2. The molecule has 6 aromatic rings. The summed E-state index contributed by atoms with van der Waals surface area (Å²) in [4.78, 5) is 49.2. The Hall–Kier alpha value is -6.04. The van der Waals surface area contributed by atoms with Crippen LogP contribution in [0.4, 0.5) is 0 Å². The summed E-state index contributed by atoms with van der Waals surface area (Å²) < 4.78 is 40.3. The Balaban J connectivity index is 1.83. The molecule has 0 aliphatic carbocycles. The number of ether oxygens (including phenoxy) is 6. The van der Waals surface area contributed by atoms with Gasteiger partial charge in [0.05, 0.1) is 26.8 Å². The molecule has 0 radical (unpaired) electrons. The molecule has 3 heterocycles. The second kappa shape index (κ2) is 11.5. The van der Waals surface area contributed by atoms with E-state index in [2.05, 4.69) is 0 Å². The van der Waals surface area contributed by atoms with E-state index in [1.807, 2.05) is 0 Å². The number of hydrogen-bond acceptors (Lipinski definition) is 11. The number of esters is 3. The van der Waals surface area contributed by atoms with E-state index in [1.165, 1.54) is 48.2 Å². The summed E-state index contributed by atoms with van der Waals surface area (Å²) in [6.45, 7) is 3.83. The number of pyridine rings is 1. The fraction of sp³-hybridized carbons (Fsp3) is 0.176. The lowest BCUT2D eigenvalue weighted by Gasteiger charge is -2.13. The van der Waals surface area contributed by atoms with E-state index in [0.717, 1.165) is 0 Å². The third-order valence-electron chi connectivity index (χ3n) is 7.34. The molecule has 0 saturated carbocycles. The van der Waals surface area contributed by atoms with Crippen LogP contribution in [0.15, 0.2) is 63.9 Å². The summed E-state index contributed by atoms with van der Waals surface area (Å²) >= 11 is 0. The van der Waals surface area contributed by atoms with Crippen LogP contribution in [0.25, 0.3) is 49.3 Å². The lowest BCUT2D eigenvalue weighted by molar-refractivity contribution is -0.132. The molecule has 0 amide bonds. The van der Waals surface area contributed by atoms with Gasteiger partial charge in [0.15, 0.2) is 34.5 Å². The quantitative estimate of drug-likeness (QED) is 0.120. The van der Waals surface area contributed by atoms with Crippen molar-refractivity contribution in [1.82, 2.24) is 4.40 Å². The zero-order valence-corrected chi connectivity index (χ0v) is 25.6. The first-order valence-corrected chi connectivity index (χ1v) is 13.9. The van der Waals surface area contributed by atoms with E-state index < -0.39 is 23.5 Å². The standard InChI is InChI=1S/C34H27NO11/c1-16(36)43-23-8-7-20(12-25(23)40-4)30-31-22-14-27(42-6)29(45-18(3)38)15-24(22)46-34(39)33(31)35-10-9-19-11-28(44-17(2)37)26(41-5)13-21(19)32(30)35/h7-15H,1-6H3. The Morgan fingerprint density at radius 2 is 1.20 bits per heavy atom. The molecule has 0 N–H and O–H groups in total. The SMILES string of the molecule is COc1cc(-c2c3c4cc(OC)c(OC(C)=O)cc4oc(=O)c3n3ccc4cc(OC(C)=O)c(OC)cc4c23)ccc1OC(C)=O. The summed E-state index contributed by atoms with van der Waals surface area (Å²) in [5, 5.41) is 2.32. The van der Waals surface area contributed by atoms with Gasteiger partial charge in [0.25, 0.3) is 0 Å². The molecule has 0 saturated heterocycles. The Bertz CT molecular complexity index is 2310. The predicted molar refractivity (Wildman–Crippen MR) is 167 cm³/mol. The third-order valence-corrected chi connectivity index (χ3v) is 7.34. The summed E-state index contributed by atoms with van der Waals surface area (Å²) in [5.74, 6) is -0.298. The molecule has 46 heavy (non-hydrogen) atoms. The van der Waals surface area contributed by atoms with Gasteiger partial charge in [0.2, 0.25) is 0 Å². The minimum absolute atomic E-state index is 0.0795. The van der Waals surface area contributed by atoms with Crippen LogP contribution in [0.1, 0.15) is 20.8 Å². The van der Waals surface area contributed by atoms with Crippen molar-refractivity contribution in [2.75, 3.05) is 21.3 Å². The van der Waals surface area contributed by atoms with Crippen LogP contribution < -0.4 is 34.0 Å². The van der Waals surface area contributed by atoms with Crippen molar-refractivity contribution < 1.29 is 47.2 Å². The van der Waals surface area contributed by atoms with Crippen LogP contribution in [0.3, 0.4) is 0 Å². The molecule has 12 nitrogen and oxygen atoms in total. The molecule has 3 aromatic heterocycles. The van der Waals surface area contributed by atoms with E-state index in [9.17, 15) is 19.2 Å². The van der Waals surface area contributed by atoms with Crippen molar-refractivity contribution in [1.29, 1.82) is 0 Å². The highest BCUT2D eigenvalue weighted by atomic mass is 16.6. The van der Waals surface area contributed by atoms with Crippen molar-refractivity contribution in [3.63, 3.8) is 0 Å². The highest BCUT2D eigenvalue weighted by Crippen LogP contribution is 2.46. The molecule has 0 aliphatic heterocycles. The number of carbonyl (C=O) groups is 3. The van der Waals surface area contributed by atoms with Gasteiger partial charge in [0.1, 0.15) is 11.1 Å². The van der Waals surface area contributed by atoms with Crippen molar-refractivity contribution in [2.24, 2.45) is 0 Å². The van der Waals surface area contributed by atoms with Crippen LogP contribution >= 0.6 is 0 Å². The van der Waals surface area contributed by atoms with Crippen LogP contribution in [-0.2, 0) is 14.4 Å². The average Bonchev–Trinajstić information content (AvgIpc) is 3.36. The van der Waals surface area contributed by atoms with Gasteiger partial charge < -0.3 is 37.2 Å². The molecule has 6 rings (SSSR count). The molecule has 0 atom stereocenters. The lowest BCUT2D eigenvalue weighted by atomic mass is 9.98. The van der Waals surface area contributed by atoms with Gasteiger partial charge in [0, 0.05) is 54.8 Å². The van der Waals surface area contributed by atoms with E-state index in [0.29, 0.717) is 43.9 Å². The largest absolute Gasteiger partial charge is 0.493 e. The molecule has 12 heteroatoms. The van der Waals surface area contributed by atoms with E-state index >= 15 is 0 Å². The van der Waals surface area contributed by atoms with Crippen LogP contribution in [-0.4, -0.2) is 43.6 Å². The van der Waals surface area contributed by atoms with Gasteiger partial charge >= 0.3 is 23.5 Å². The Labute approximate surface area is 260 Å². The highest BCUT2D eigenvalue weighted by Gasteiger charge is 2.25. The molecule has 0 spiro atoms. The van der Waals surface area contributed by atoms with Crippen molar-refractivity contribution in [3.05, 3.63) is 65.1 Å². The average molecular weight is 626 g/mol. The highest BCUT2D eigenvalue weighted by molar-refractivity contribution is 6.22. The second-order valence-electron chi connectivity index (χ2n) is 10.3. The first-order chi connectivity index (χ1) is 22.0. The van der Waals surface area contributed by atoms with Crippen LogP contribution in [0.5, 0.6) is 34.5 Å². The second-order valence-corrected chi connectivity index (χ2v) is 10.3. The van der Waals surface area contributed by atoms with Gasteiger partial charge in [-0.3, -0.25) is 14.4 Å². The Morgan fingerprint density at radius 1 is 0.630 bits per heavy atom. The topological polar surface area (TPSA) is 141 Å². The zero-order chi connectivity index (χ0) is 32.9. The van der Waals surface area contributed by atoms with Gasteiger partial charge in [-0.1, -0.05) is 6.07 Å². The number of methoxy groups -OCH3 is 3. The molecule has 0 unspecified atom stereocenters. The predicted octanol–water partition coefficient (Wildman–Crippen LogP) is 5.82. The summed E-state index contributed by atoms with van der Waals surface area (Å²) in [5.41, 5.74) is 1.49. The first-order valence-electron chi connectivity index (χ1n) is 13.9. The van der Waals surface area contributed by atoms with Crippen LogP contribution in [0, 0.1) is 0 Å². The minimum Gasteiger partial charge on any atom is -0.493 e.